The number of hydrogen-bond donors (Lipinski definition) is 2. The number of nitro groups is 1. The Morgan fingerprint density at radius 2 is 2.16 bits per heavy atom. The standard InChI is InChI=1S/C10H13FN2O5S/c1-7(6-14)5-12-19(17,18)8-2-3-10(13(15)16)9(11)4-8/h2-4,7,12,14H,5-6H2,1H3. The number of halogens is 1. The molecule has 1 aromatic carbocycles. The monoisotopic (exact) mass is 292 g/mol. The molecule has 0 spiro atoms. The summed E-state index contributed by atoms with van der Waals surface area (Å²) in [7, 11) is -3.95. The average Bonchev–Trinajstić information content (AvgIpc) is 2.35. The number of benzene rings is 1. The smallest absolute Gasteiger partial charge is 0.304 e. The highest BCUT2D eigenvalue weighted by molar-refractivity contribution is 7.89. The molecule has 0 bridgehead atoms. The van der Waals surface area contributed by atoms with Crippen molar-refractivity contribution in [3.05, 3.63) is 34.1 Å². The summed E-state index contributed by atoms with van der Waals surface area (Å²) in [5, 5.41) is 19.2. The van der Waals surface area contributed by atoms with Crippen LogP contribution >= 0.6 is 0 Å². The van der Waals surface area contributed by atoms with Gasteiger partial charge in [-0.1, -0.05) is 6.92 Å². The topological polar surface area (TPSA) is 110 Å². The van der Waals surface area contributed by atoms with Crippen LogP contribution in [0.5, 0.6) is 0 Å². The van der Waals surface area contributed by atoms with Gasteiger partial charge in [-0.05, 0) is 12.0 Å². The first-order valence-corrected chi connectivity index (χ1v) is 6.80. The van der Waals surface area contributed by atoms with E-state index in [0.29, 0.717) is 6.07 Å². The largest absolute Gasteiger partial charge is 0.396 e. The predicted octanol–water partition coefficient (Wildman–Crippen LogP) is 0.641. The molecule has 1 aromatic rings. The summed E-state index contributed by atoms with van der Waals surface area (Å²) in [6, 6.07) is 2.33. The molecule has 2 N–H and O–H groups in total. The Hall–Kier alpha value is -1.58. The fraction of sp³-hybridized carbons (Fsp3) is 0.400. The van der Waals surface area contributed by atoms with Gasteiger partial charge in [-0.15, -0.1) is 0 Å². The minimum Gasteiger partial charge on any atom is -0.396 e. The predicted molar refractivity (Wildman–Crippen MR) is 64.5 cm³/mol. The Kier molecular flexibility index (Phi) is 4.92. The number of nitro benzene ring substituents is 1. The van der Waals surface area contributed by atoms with Crippen LogP contribution in [0.4, 0.5) is 10.1 Å². The third-order valence-corrected chi connectivity index (χ3v) is 3.78. The first kappa shape index (κ1) is 15.5. The highest BCUT2D eigenvalue weighted by Gasteiger charge is 2.20. The van der Waals surface area contributed by atoms with E-state index in [1.807, 2.05) is 0 Å². The van der Waals surface area contributed by atoms with Crippen molar-refractivity contribution >= 4 is 15.7 Å². The number of aliphatic hydroxyl groups excluding tert-OH is 1. The second kappa shape index (κ2) is 6.04. The van der Waals surface area contributed by atoms with Crippen molar-refractivity contribution < 1.29 is 22.8 Å². The van der Waals surface area contributed by atoms with Gasteiger partial charge in [0.1, 0.15) is 0 Å². The SMILES string of the molecule is CC(CO)CNS(=O)(=O)c1ccc([N+](=O)[O-])c(F)c1. The van der Waals surface area contributed by atoms with Gasteiger partial charge in [0.2, 0.25) is 15.8 Å². The summed E-state index contributed by atoms with van der Waals surface area (Å²) in [4.78, 5) is 9.07. The van der Waals surface area contributed by atoms with E-state index in [2.05, 4.69) is 4.72 Å². The van der Waals surface area contributed by atoms with Crippen LogP contribution in [0.25, 0.3) is 0 Å². The quantitative estimate of drug-likeness (QED) is 0.590. The van der Waals surface area contributed by atoms with Crippen molar-refractivity contribution in [3.63, 3.8) is 0 Å². The molecule has 19 heavy (non-hydrogen) atoms. The molecule has 0 aromatic heterocycles. The molecule has 0 saturated carbocycles. The van der Waals surface area contributed by atoms with Crippen molar-refractivity contribution in [1.82, 2.24) is 4.72 Å². The molecule has 0 aliphatic heterocycles. The van der Waals surface area contributed by atoms with Gasteiger partial charge in [0, 0.05) is 25.3 Å². The molecule has 0 aliphatic carbocycles. The first-order chi connectivity index (χ1) is 8.77. The molecular weight excluding hydrogens is 279 g/mol. The van der Waals surface area contributed by atoms with Crippen LogP contribution in [0, 0.1) is 21.8 Å². The number of rotatable bonds is 6. The minimum atomic E-state index is -3.95. The van der Waals surface area contributed by atoms with Gasteiger partial charge in [-0.2, -0.15) is 4.39 Å². The van der Waals surface area contributed by atoms with Gasteiger partial charge in [-0.3, -0.25) is 10.1 Å². The maximum atomic E-state index is 13.3. The number of nitrogens with one attached hydrogen (secondary N) is 1. The molecule has 7 nitrogen and oxygen atoms in total. The van der Waals surface area contributed by atoms with E-state index < -0.39 is 31.3 Å². The average molecular weight is 292 g/mol. The summed E-state index contributed by atoms with van der Waals surface area (Å²) in [6.07, 6.45) is 0. The molecule has 9 heteroatoms. The van der Waals surface area contributed by atoms with Crippen LogP contribution in [0.3, 0.4) is 0 Å². The Morgan fingerprint density at radius 1 is 1.53 bits per heavy atom. The van der Waals surface area contributed by atoms with Crippen LogP contribution < -0.4 is 4.72 Å². The molecular formula is C10H13FN2O5S. The third kappa shape index (κ3) is 3.94. The molecule has 0 amide bonds. The first-order valence-electron chi connectivity index (χ1n) is 5.32. The van der Waals surface area contributed by atoms with Crippen LogP contribution in [0.1, 0.15) is 6.92 Å². The fourth-order valence-electron chi connectivity index (χ4n) is 1.20. The van der Waals surface area contributed by atoms with E-state index in [4.69, 9.17) is 5.11 Å². The van der Waals surface area contributed by atoms with E-state index in [0.717, 1.165) is 12.1 Å². The number of hydrogen-bond acceptors (Lipinski definition) is 5. The van der Waals surface area contributed by atoms with Crippen molar-refractivity contribution in [2.45, 2.75) is 11.8 Å². The van der Waals surface area contributed by atoms with E-state index in [1.54, 1.807) is 6.92 Å². The van der Waals surface area contributed by atoms with Crippen molar-refractivity contribution in [2.75, 3.05) is 13.2 Å². The third-order valence-electron chi connectivity index (χ3n) is 2.36. The van der Waals surface area contributed by atoms with Crippen LogP contribution in [-0.4, -0.2) is 31.6 Å². The Morgan fingerprint density at radius 3 is 2.63 bits per heavy atom. The van der Waals surface area contributed by atoms with Gasteiger partial charge in [-0.25, -0.2) is 13.1 Å². The summed E-state index contributed by atoms with van der Waals surface area (Å²) >= 11 is 0. The Balaban J connectivity index is 2.96. The zero-order valence-corrected chi connectivity index (χ0v) is 10.9. The molecule has 0 radical (unpaired) electrons. The summed E-state index contributed by atoms with van der Waals surface area (Å²) in [5.74, 6) is -1.51. The highest BCUT2D eigenvalue weighted by atomic mass is 32.2. The maximum Gasteiger partial charge on any atom is 0.304 e. The van der Waals surface area contributed by atoms with Gasteiger partial charge in [0.05, 0.1) is 9.82 Å². The normalized spacial score (nSPS) is 13.2. The zero-order chi connectivity index (χ0) is 14.6. The van der Waals surface area contributed by atoms with Crippen molar-refractivity contribution in [3.8, 4) is 0 Å². The molecule has 0 heterocycles. The number of sulfonamides is 1. The fourth-order valence-corrected chi connectivity index (χ4v) is 2.38. The lowest BCUT2D eigenvalue weighted by Gasteiger charge is -2.10. The molecule has 106 valence electrons. The van der Waals surface area contributed by atoms with Gasteiger partial charge < -0.3 is 5.11 Å². The lowest BCUT2D eigenvalue weighted by molar-refractivity contribution is -0.387. The van der Waals surface area contributed by atoms with Crippen LogP contribution in [0.2, 0.25) is 0 Å². The summed E-state index contributed by atoms with van der Waals surface area (Å²) in [5.41, 5.74) is -0.789. The van der Waals surface area contributed by atoms with Crippen molar-refractivity contribution in [2.24, 2.45) is 5.92 Å². The Labute approximate surface area is 109 Å². The summed E-state index contributed by atoms with van der Waals surface area (Å²) in [6.45, 7) is 1.41. The zero-order valence-electron chi connectivity index (χ0n) is 10.0. The summed E-state index contributed by atoms with van der Waals surface area (Å²) < 4.78 is 39.0. The second-order valence-electron chi connectivity index (χ2n) is 4.01. The lowest BCUT2D eigenvalue weighted by Crippen LogP contribution is -2.29. The number of nitrogens with zero attached hydrogens (tertiary/aromatic N) is 1. The van der Waals surface area contributed by atoms with E-state index in [1.165, 1.54) is 0 Å². The van der Waals surface area contributed by atoms with Crippen LogP contribution in [-0.2, 0) is 10.0 Å². The van der Waals surface area contributed by atoms with Gasteiger partial charge in [0.15, 0.2) is 0 Å². The van der Waals surface area contributed by atoms with Gasteiger partial charge >= 0.3 is 5.69 Å². The Bertz CT molecular complexity index is 575. The van der Waals surface area contributed by atoms with Crippen LogP contribution in [0.15, 0.2) is 23.1 Å². The molecule has 1 atom stereocenters. The second-order valence-corrected chi connectivity index (χ2v) is 5.78. The van der Waals surface area contributed by atoms with Crippen molar-refractivity contribution in [1.29, 1.82) is 0 Å². The van der Waals surface area contributed by atoms with E-state index >= 15 is 0 Å². The molecule has 1 rings (SSSR count). The van der Waals surface area contributed by atoms with Gasteiger partial charge in [0.25, 0.3) is 0 Å². The van der Waals surface area contributed by atoms with E-state index in [9.17, 15) is 22.9 Å². The number of aliphatic hydroxyl groups is 1. The molecule has 0 aliphatic rings. The molecule has 1 unspecified atom stereocenters. The molecule has 0 fully saturated rings. The maximum absolute atomic E-state index is 13.3. The minimum absolute atomic E-state index is 0.0164. The molecule has 0 saturated heterocycles. The highest BCUT2D eigenvalue weighted by Crippen LogP contribution is 2.20. The van der Waals surface area contributed by atoms with E-state index in [-0.39, 0.29) is 19.1 Å². The lowest BCUT2D eigenvalue weighted by atomic mass is 10.2.